The Morgan fingerprint density at radius 2 is 1.83 bits per heavy atom. The Morgan fingerprint density at radius 1 is 1.14 bits per heavy atom. The largest absolute Gasteiger partial charge is 0.484 e. The van der Waals surface area contributed by atoms with Crippen molar-refractivity contribution in [3.63, 3.8) is 0 Å². The third kappa shape index (κ3) is 4.75. The molecule has 0 fully saturated rings. The summed E-state index contributed by atoms with van der Waals surface area (Å²) in [5.74, 6) is 0.607. The van der Waals surface area contributed by atoms with Gasteiger partial charge in [0.15, 0.2) is 0 Å². The Balaban J connectivity index is 1.92. The maximum absolute atomic E-state index is 11.8. The fourth-order valence-corrected chi connectivity index (χ4v) is 3.14. The van der Waals surface area contributed by atoms with Crippen molar-refractivity contribution < 1.29 is 14.7 Å². The molecule has 0 aliphatic rings. The smallest absolute Gasteiger partial charge is 0.148 e. The number of aromatic nitrogens is 3. The Labute approximate surface area is 174 Å². The molecule has 0 saturated heterocycles. The second-order valence-corrected chi connectivity index (χ2v) is 7.50. The molecule has 7 nitrogen and oxygen atoms in total. The van der Waals surface area contributed by atoms with Crippen molar-refractivity contribution >= 4 is 17.8 Å². The number of nitrogens with zero attached hydrogens (tertiary/aromatic N) is 4. The third-order valence-electron chi connectivity index (χ3n) is 4.74. The van der Waals surface area contributed by atoms with Gasteiger partial charge in [-0.15, -0.1) is 0 Å². The summed E-state index contributed by atoms with van der Waals surface area (Å²) in [5.41, 5.74) is -0.907. The number of halogens is 1. The van der Waals surface area contributed by atoms with Gasteiger partial charge >= 0.3 is 0 Å². The molecule has 0 aliphatic carbocycles. The van der Waals surface area contributed by atoms with E-state index in [1.807, 2.05) is 38.1 Å². The minimum atomic E-state index is -1.42. The van der Waals surface area contributed by atoms with Crippen molar-refractivity contribution in [2.24, 2.45) is 5.16 Å². The van der Waals surface area contributed by atoms with Crippen LogP contribution in [0.3, 0.4) is 0 Å². The molecule has 0 amide bonds. The van der Waals surface area contributed by atoms with Crippen molar-refractivity contribution in [3.05, 3.63) is 77.3 Å². The van der Waals surface area contributed by atoms with Crippen LogP contribution in [0.25, 0.3) is 0 Å². The number of hydrogen-bond acceptors (Lipinski definition) is 6. The average molecular weight is 415 g/mol. The summed E-state index contributed by atoms with van der Waals surface area (Å²) >= 11 is 6.04. The third-order valence-corrected chi connectivity index (χ3v) is 4.99. The summed E-state index contributed by atoms with van der Waals surface area (Å²) in [6.07, 6.45) is 4.58. The quantitative estimate of drug-likeness (QED) is 0.449. The zero-order chi connectivity index (χ0) is 20.9. The molecule has 1 N–H and O–H groups in total. The van der Waals surface area contributed by atoms with Gasteiger partial charge in [-0.3, -0.25) is 0 Å². The van der Waals surface area contributed by atoms with E-state index in [0.717, 1.165) is 5.56 Å². The van der Waals surface area contributed by atoms with E-state index in [1.165, 1.54) is 13.4 Å². The monoisotopic (exact) mass is 414 g/mol. The van der Waals surface area contributed by atoms with Crippen LogP contribution in [0, 0.1) is 0 Å². The van der Waals surface area contributed by atoms with Gasteiger partial charge in [-0.05, 0) is 61.4 Å². The van der Waals surface area contributed by atoms with Crippen LogP contribution in [0.15, 0.2) is 66.3 Å². The first-order valence-corrected chi connectivity index (χ1v) is 9.38. The second-order valence-electron chi connectivity index (χ2n) is 7.06. The Morgan fingerprint density at radius 3 is 2.41 bits per heavy atom. The van der Waals surface area contributed by atoms with E-state index in [1.54, 1.807) is 41.5 Å². The number of oxime groups is 1. The first-order valence-electron chi connectivity index (χ1n) is 9.00. The lowest BCUT2D eigenvalue weighted by Crippen LogP contribution is -2.54. The summed E-state index contributed by atoms with van der Waals surface area (Å²) in [4.78, 5) is 8.66. The summed E-state index contributed by atoms with van der Waals surface area (Å²) in [6, 6.07) is 14.4. The lowest BCUT2D eigenvalue weighted by Gasteiger charge is -2.42. The highest BCUT2D eigenvalue weighted by Crippen LogP contribution is 2.38. The molecule has 8 heteroatoms. The summed E-state index contributed by atoms with van der Waals surface area (Å²) in [7, 11) is 1.49. The van der Waals surface area contributed by atoms with Gasteiger partial charge in [0.25, 0.3) is 0 Å². The molecule has 0 bridgehead atoms. The number of ether oxygens (including phenoxy) is 1. The molecule has 29 heavy (non-hydrogen) atoms. The molecule has 0 aliphatic heterocycles. The highest BCUT2D eigenvalue weighted by molar-refractivity contribution is 6.30. The number of hydrogen-bond donors (Lipinski definition) is 1. The van der Waals surface area contributed by atoms with Crippen LogP contribution in [-0.2, 0) is 17.0 Å². The van der Waals surface area contributed by atoms with Gasteiger partial charge in [-0.1, -0.05) is 28.9 Å². The highest BCUT2D eigenvalue weighted by Gasteiger charge is 2.48. The van der Waals surface area contributed by atoms with Crippen molar-refractivity contribution in [2.45, 2.75) is 31.6 Å². The molecule has 2 aromatic carbocycles. The molecule has 1 atom stereocenters. The van der Waals surface area contributed by atoms with Gasteiger partial charge < -0.3 is 14.7 Å². The van der Waals surface area contributed by atoms with Crippen LogP contribution in [0.4, 0.5) is 0 Å². The highest BCUT2D eigenvalue weighted by atomic mass is 35.5. The van der Waals surface area contributed by atoms with Crippen molar-refractivity contribution in [2.75, 3.05) is 7.11 Å². The van der Waals surface area contributed by atoms with Gasteiger partial charge in [0, 0.05) is 5.02 Å². The molecule has 3 aromatic rings. The summed E-state index contributed by atoms with van der Waals surface area (Å²) < 4.78 is 7.81. The van der Waals surface area contributed by atoms with Crippen molar-refractivity contribution in [3.8, 4) is 5.75 Å². The maximum Gasteiger partial charge on any atom is 0.148 e. The first-order chi connectivity index (χ1) is 13.8. The van der Waals surface area contributed by atoms with E-state index in [9.17, 15) is 5.11 Å². The summed E-state index contributed by atoms with van der Waals surface area (Å²) in [5, 5.41) is 20.3. The lowest BCUT2D eigenvalue weighted by atomic mass is 9.79. The predicted molar refractivity (Wildman–Crippen MR) is 111 cm³/mol. The first kappa shape index (κ1) is 20.8. The van der Waals surface area contributed by atoms with Crippen LogP contribution in [0.1, 0.15) is 25.0 Å². The molecule has 152 valence electrons. The SMILES string of the molecule is CON=Cc1ccc(OC(C)(C)C(O)(Cn2cncn2)c2ccc(Cl)cc2)cc1. The number of rotatable bonds is 8. The van der Waals surface area contributed by atoms with Crippen LogP contribution >= 0.6 is 11.6 Å². The molecule has 0 radical (unpaired) electrons. The molecule has 1 unspecified atom stereocenters. The van der Waals surface area contributed by atoms with E-state index in [0.29, 0.717) is 16.3 Å². The van der Waals surface area contributed by atoms with E-state index < -0.39 is 11.2 Å². The van der Waals surface area contributed by atoms with E-state index in [-0.39, 0.29) is 6.54 Å². The van der Waals surface area contributed by atoms with Gasteiger partial charge in [-0.2, -0.15) is 5.10 Å². The summed E-state index contributed by atoms with van der Waals surface area (Å²) in [6.45, 7) is 3.82. The second kappa shape index (κ2) is 8.63. The van der Waals surface area contributed by atoms with Crippen LogP contribution in [0.5, 0.6) is 5.75 Å². The standard InChI is InChI=1S/C21H23ClN4O3/c1-20(2,29-19-10-4-16(5-11-19)12-25-28-3)21(27,13-26-15-23-14-24-26)17-6-8-18(22)9-7-17/h4-12,14-15,27H,13H2,1-3H3. The Hall–Kier alpha value is -2.90. The van der Waals surface area contributed by atoms with Gasteiger partial charge in [0.2, 0.25) is 0 Å². The van der Waals surface area contributed by atoms with Crippen LogP contribution in [-0.4, -0.2) is 38.8 Å². The maximum atomic E-state index is 11.8. The molecule has 1 aromatic heterocycles. The van der Waals surface area contributed by atoms with Crippen LogP contribution < -0.4 is 4.74 Å². The molecular weight excluding hydrogens is 392 g/mol. The minimum absolute atomic E-state index is 0.153. The Bertz CT molecular complexity index is 941. The van der Waals surface area contributed by atoms with Gasteiger partial charge in [0.1, 0.15) is 36.7 Å². The number of aliphatic hydroxyl groups is 1. The predicted octanol–water partition coefficient (Wildman–Crippen LogP) is 3.66. The van der Waals surface area contributed by atoms with E-state index in [4.69, 9.17) is 21.2 Å². The zero-order valence-electron chi connectivity index (χ0n) is 16.5. The topological polar surface area (TPSA) is 81.8 Å². The Kier molecular flexibility index (Phi) is 6.20. The van der Waals surface area contributed by atoms with Crippen molar-refractivity contribution in [1.29, 1.82) is 0 Å². The molecule has 3 rings (SSSR count). The number of benzene rings is 2. The fraction of sp³-hybridized carbons (Fsp3) is 0.286. The van der Waals surface area contributed by atoms with Gasteiger partial charge in [0.05, 0.1) is 12.8 Å². The minimum Gasteiger partial charge on any atom is -0.484 e. The molecular formula is C21H23ClN4O3. The van der Waals surface area contributed by atoms with E-state index >= 15 is 0 Å². The average Bonchev–Trinajstić information content (AvgIpc) is 3.20. The van der Waals surface area contributed by atoms with Crippen molar-refractivity contribution in [1.82, 2.24) is 14.8 Å². The van der Waals surface area contributed by atoms with E-state index in [2.05, 4.69) is 15.2 Å². The lowest BCUT2D eigenvalue weighted by molar-refractivity contribution is -0.133. The molecule has 1 heterocycles. The molecule has 0 spiro atoms. The zero-order valence-corrected chi connectivity index (χ0v) is 17.2. The fourth-order valence-electron chi connectivity index (χ4n) is 3.02. The molecule has 0 saturated carbocycles. The van der Waals surface area contributed by atoms with Crippen LogP contribution in [0.2, 0.25) is 5.02 Å². The van der Waals surface area contributed by atoms with Gasteiger partial charge in [-0.25, -0.2) is 9.67 Å². The normalized spacial score (nSPS) is 14.0.